The molecule has 2 unspecified atom stereocenters. The van der Waals surface area contributed by atoms with Gasteiger partial charge in [-0.15, -0.1) is 0 Å². The quantitative estimate of drug-likeness (QED) is 0.453. The molecule has 37 heavy (non-hydrogen) atoms. The molecule has 0 saturated heterocycles. The number of aromatic nitrogens is 2. The van der Waals surface area contributed by atoms with Gasteiger partial charge in [0.25, 0.3) is 5.91 Å². The van der Waals surface area contributed by atoms with Crippen molar-refractivity contribution in [2.24, 2.45) is 5.41 Å². The number of amides is 1. The smallest absolute Gasteiger partial charge is 0.383 e. The molecule has 1 amide bonds. The molecule has 0 radical (unpaired) electrons. The topological polar surface area (TPSA) is 81.3 Å². The van der Waals surface area contributed by atoms with Crippen LogP contribution in [-0.2, 0) is 24.1 Å². The van der Waals surface area contributed by atoms with Crippen molar-refractivity contribution < 1.29 is 22.7 Å². The first-order valence-corrected chi connectivity index (χ1v) is 12.8. The first kappa shape index (κ1) is 24.2. The highest BCUT2D eigenvalue weighted by Crippen LogP contribution is 2.59. The van der Waals surface area contributed by atoms with Crippen LogP contribution < -0.4 is 5.73 Å². The number of fused-ring (bicyclic) bond motifs is 3. The first-order chi connectivity index (χ1) is 17.7. The van der Waals surface area contributed by atoms with Crippen LogP contribution in [0.15, 0.2) is 36.5 Å². The minimum atomic E-state index is -4.45. The van der Waals surface area contributed by atoms with Crippen LogP contribution in [0, 0.1) is 5.41 Å². The Morgan fingerprint density at radius 2 is 1.97 bits per heavy atom. The van der Waals surface area contributed by atoms with Crippen molar-refractivity contribution >= 4 is 22.6 Å². The van der Waals surface area contributed by atoms with Crippen LogP contribution in [0.2, 0.25) is 0 Å². The maximum absolute atomic E-state index is 14.0. The SMILES string of the molecule is CC1OCc2c1c(N)nc1ccc(C(=O)N(Cc3ccc(C(F)(F)F)cn3)C3CC34CCCCC4)cc21. The molecule has 2 aromatic heterocycles. The molecule has 1 aromatic carbocycles. The maximum atomic E-state index is 14.0. The monoisotopic (exact) mass is 510 g/mol. The fraction of sp³-hybridized carbons (Fsp3) is 0.464. The number of ether oxygens (including phenoxy) is 1. The van der Waals surface area contributed by atoms with E-state index in [2.05, 4.69) is 9.97 Å². The van der Waals surface area contributed by atoms with Gasteiger partial charge in [-0.2, -0.15) is 13.2 Å². The number of carbonyl (C=O) groups is 1. The number of nitrogen functional groups attached to an aromatic ring is 1. The molecule has 1 spiro atoms. The number of hydrogen-bond acceptors (Lipinski definition) is 5. The largest absolute Gasteiger partial charge is 0.417 e. The molecule has 6 rings (SSSR count). The zero-order valence-corrected chi connectivity index (χ0v) is 20.6. The van der Waals surface area contributed by atoms with Gasteiger partial charge in [-0.1, -0.05) is 19.3 Å². The molecule has 3 aliphatic rings. The minimum absolute atomic E-state index is 0.0544. The Balaban J connectivity index is 1.35. The van der Waals surface area contributed by atoms with Crippen LogP contribution in [0.1, 0.15) is 84.3 Å². The normalized spacial score (nSPS) is 22.3. The standard InChI is InChI=1S/C28H29F3N4O2/c1-16-24-21(15-37-16)20-11-17(5-8-22(20)34-25(24)32)26(36)35(23-12-27(23)9-3-2-4-10-27)14-19-7-6-18(13-33-19)28(29,30)31/h5-8,11,13,16,23H,2-4,9-10,12,14-15H2,1H3,(H2,32,34). The molecule has 2 N–H and O–H groups in total. The van der Waals surface area contributed by atoms with Crippen LogP contribution >= 0.6 is 0 Å². The third-order valence-electron chi connectivity index (χ3n) is 8.41. The average Bonchev–Trinajstić information content (AvgIpc) is 3.39. The molecular formula is C28H29F3N4O2. The highest BCUT2D eigenvalue weighted by molar-refractivity contribution is 5.99. The molecule has 194 valence electrons. The van der Waals surface area contributed by atoms with Gasteiger partial charge in [0, 0.05) is 28.8 Å². The van der Waals surface area contributed by atoms with E-state index in [4.69, 9.17) is 10.5 Å². The highest BCUT2D eigenvalue weighted by Gasteiger charge is 2.57. The summed E-state index contributed by atoms with van der Waals surface area (Å²) in [5.41, 5.74) is 8.98. The average molecular weight is 511 g/mol. The molecular weight excluding hydrogens is 481 g/mol. The molecule has 3 aromatic rings. The van der Waals surface area contributed by atoms with Crippen molar-refractivity contribution in [3.8, 4) is 0 Å². The molecule has 2 atom stereocenters. The number of nitrogens with zero attached hydrogens (tertiary/aromatic N) is 3. The van der Waals surface area contributed by atoms with E-state index in [1.54, 1.807) is 12.1 Å². The Bertz CT molecular complexity index is 1370. The van der Waals surface area contributed by atoms with Crippen molar-refractivity contribution in [2.45, 2.75) is 76.9 Å². The van der Waals surface area contributed by atoms with Gasteiger partial charge in [0.05, 0.1) is 36.0 Å². The van der Waals surface area contributed by atoms with E-state index in [1.807, 2.05) is 17.9 Å². The summed E-state index contributed by atoms with van der Waals surface area (Å²) in [6, 6.07) is 7.88. The lowest BCUT2D eigenvalue weighted by atomic mass is 9.85. The van der Waals surface area contributed by atoms with Crippen LogP contribution in [0.25, 0.3) is 10.9 Å². The Labute approximate surface area is 213 Å². The fourth-order valence-corrected chi connectivity index (χ4v) is 6.31. The summed E-state index contributed by atoms with van der Waals surface area (Å²) < 4.78 is 45.0. The number of hydrogen-bond donors (Lipinski definition) is 1. The van der Waals surface area contributed by atoms with Gasteiger partial charge in [0.15, 0.2) is 0 Å². The molecule has 9 heteroatoms. The highest BCUT2D eigenvalue weighted by atomic mass is 19.4. The summed E-state index contributed by atoms with van der Waals surface area (Å²) in [7, 11) is 0. The molecule has 2 saturated carbocycles. The lowest BCUT2D eigenvalue weighted by molar-refractivity contribution is -0.137. The summed E-state index contributed by atoms with van der Waals surface area (Å²) in [6.45, 7) is 2.50. The van der Waals surface area contributed by atoms with Crippen molar-refractivity contribution in [2.75, 3.05) is 5.73 Å². The van der Waals surface area contributed by atoms with Gasteiger partial charge in [0.2, 0.25) is 0 Å². The lowest BCUT2D eigenvalue weighted by Crippen LogP contribution is -2.36. The predicted molar refractivity (Wildman–Crippen MR) is 132 cm³/mol. The van der Waals surface area contributed by atoms with E-state index in [9.17, 15) is 18.0 Å². The van der Waals surface area contributed by atoms with E-state index >= 15 is 0 Å². The summed E-state index contributed by atoms with van der Waals surface area (Å²) in [4.78, 5) is 24.4. The second kappa shape index (κ2) is 8.68. The van der Waals surface area contributed by atoms with E-state index in [1.165, 1.54) is 12.5 Å². The molecule has 6 nitrogen and oxygen atoms in total. The number of nitrogens with two attached hydrogens (primary N) is 1. The van der Waals surface area contributed by atoms with Gasteiger partial charge in [0.1, 0.15) is 5.82 Å². The Kier molecular flexibility index (Phi) is 5.67. The number of benzene rings is 1. The zero-order valence-electron chi connectivity index (χ0n) is 20.6. The number of anilines is 1. The fourth-order valence-electron chi connectivity index (χ4n) is 6.31. The molecule has 2 aliphatic carbocycles. The van der Waals surface area contributed by atoms with Gasteiger partial charge < -0.3 is 15.4 Å². The van der Waals surface area contributed by atoms with Crippen molar-refractivity contribution in [3.63, 3.8) is 0 Å². The van der Waals surface area contributed by atoms with Gasteiger partial charge in [-0.3, -0.25) is 9.78 Å². The van der Waals surface area contributed by atoms with Crippen molar-refractivity contribution in [3.05, 3.63) is 64.5 Å². The van der Waals surface area contributed by atoms with Crippen LogP contribution in [0.5, 0.6) is 0 Å². The minimum Gasteiger partial charge on any atom is -0.383 e. The van der Waals surface area contributed by atoms with E-state index < -0.39 is 11.7 Å². The predicted octanol–water partition coefficient (Wildman–Crippen LogP) is 6.19. The number of carbonyl (C=O) groups excluding carboxylic acids is 1. The number of alkyl halides is 3. The second-order valence-electron chi connectivity index (χ2n) is 10.7. The first-order valence-electron chi connectivity index (χ1n) is 12.8. The molecule has 2 fully saturated rings. The Hall–Kier alpha value is -3.20. The summed E-state index contributed by atoms with van der Waals surface area (Å²) in [5.74, 6) is 0.299. The van der Waals surface area contributed by atoms with Crippen molar-refractivity contribution in [1.82, 2.24) is 14.9 Å². The van der Waals surface area contributed by atoms with Gasteiger partial charge in [-0.25, -0.2) is 4.98 Å². The van der Waals surface area contributed by atoms with Gasteiger partial charge >= 0.3 is 6.18 Å². The number of halogens is 3. The molecule has 1 aliphatic heterocycles. The van der Waals surface area contributed by atoms with Crippen LogP contribution in [-0.4, -0.2) is 26.8 Å². The molecule has 0 bridgehead atoms. The second-order valence-corrected chi connectivity index (χ2v) is 10.7. The summed E-state index contributed by atoms with van der Waals surface area (Å²) in [6.07, 6.45) is 2.80. The third kappa shape index (κ3) is 4.23. The van der Waals surface area contributed by atoms with Crippen LogP contribution in [0.4, 0.5) is 19.0 Å². The summed E-state index contributed by atoms with van der Waals surface area (Å²) in [5, 5.41) is 0.843. The van der Waals surface area contributed by atoms with Gasteiger partial charge in [-0.05, 0) is 67.5 Å². The zero-order chi connectivity index (χ0) is 25.9. The van der Waals surface area contributed by atoms with E-state index in [0.29, 0.717) is 29.2 Å². The Morgan fingerprint density at radius 1 is 1.19 bits per heavy atom. The molecule has 3 heterocycles. The van der Waals surface area contributed by atoms with E-state index in [-0.39, 0.29) is 30.0 Å². The number of rotatable bonds is 4. The summed E-state index contributed by atoms with van der Waals surface area (Å²) >= 11 is 0. The Morgan fingerprint density at radius 3 is 2.68 bits per heavy atom. The maximum Gasteiger partial charge on any atom is 0.417 e. The lowest BCUT2D eigenvalue weighted by Gasteiger charge is -2.29. The number of pyridine rings is 2. The third-order valence-corrected chi connectivity index (χ3v) is 8.41. The van der Waals surface area contributed by atoms with Crippen molar-refractivity contribution in [1.29, 1.82) is 0 Å². The van der Waals surface area contributed by atoms with Crippen LogP contribution in [0.3, 0.4) is 0 Å². The van der Waals surface area contributed by atoms with E-state index in [0.717, 1.165) is 60.9 Å².